The van der Waals surface area contributed by atoms with Gasteiger partial charge >= 0.3 is 6.03 Å². The Morgan fingerprint density at radius 1 is 1.36 bits per heavy atom. The highest BCUT2D eigenvalue weighted by molar-refractivity contribution is 5.88. The van der Waals surface area contributed by atoms with E-state index in [1.54, 1.807) is 28.8 Å². The predicted octanol–water partition coefficient (Wildman–Crippen LogP) is 1.66. The number of urea groups is 1. The summed E-state index contributed by atoms with van der Waals surface area (Å²) in [5, 5.41) is 10.7. The van der Waals surface area contributed by atoms with Crippen molar-refractivity contribution in [2.45, 2.75) is 45.6 Å². The number of nitrogens with zero attached hydrogens (tertiary/aromatic N) is 5. The second-order valence-corrected chi connectivity index (χ2v) is 6.62. The van der Waals surface area contributed by atoms with Crippen molar-refractivity contribution in [1.29, 1.82) is 0 Å². The molecular formula is C16H23N7O2. The lowest BCUT2D eigenvalue weighted by Gasteiger charge is -2.31. The Hall–Kier alpha value is -2.71. The standard InChI is InChI=1S/C16H23N7O2/c1-10(2)23-9-14(20-21-23)19-16(25)22-6-4-12(5-7-22)13-8-15(24)18-11(3)17-13/h8-10,12H,4-7H2,1-3H3,(H,19,25)(H,17,18,24). The Morgan fingerprint density at radius 2 is 2.08 bits per heavy atom. The van der Waals surface area contributed by atoms with Crippen LogP contribution in [0.4, 0.5) is 10.6 Å². The van der Waals surface area contributed by atoms with Crippen LogP contribution in [0.2, 0.25) is 0 Å². The number of aryl methyl sites for hydroxylation is 1. The van der Waals surface area contributed by atoms with Crippen molar-refractivity contribution in [2.24, 2.45) is 0 Å². The van der Waals surface area contributed by atoms with Crippen LogP contribution in [0.5, 0.6) is 0 Å². The second-order valence-electron chi connectivity index (χ2n) is 6.62. The number of nitrogens with one attached hydrogen (secondary N) is 2. The van der Waals surface area contributed by atoms with E-state index in [9.17, 15) is 9.59 Å². The molecule has 0 aromatic carbocycles. The smallest absolute Gasteiger partial charge is 0.323 e. The number of carbonyl (C=O) groups excluding carboxylic acids is 1. The molecule has 1 aliphatic rings. The van der Waals surface area contributed by atoms with E-state index < -0.39 is 0 Å². The normalized spacial score (nSPS) is 15.6. The monoisotopic (exact) mass is 345 g/mol. The van der Waals surface area contributed by atoms with Crippen molar-refractivity contribution < 1.29 is 4.79 Å². The Labute approximate surface area is 145 Å². The molecule has 0 spiro atoms. The summed E-state index contributed by atoms with van der Waals surface area (Å²) in [5.41, 5.74) is 0.678. The molecule has 3 heterocycles. The van der Waals surface area contributed by atoms with Crippen LogP contribution in [0.3, 0.4) is 0 Å². The Morgan fingerprint density at radius 3 is 2.68 bits per heavy atom. The van der Waals surface area contributed by atoms with Crippen LogP contribution in [0.25, 0.3) is 0 Å². The summed E-state index contributed by atoms with van der Waals surface area (Å²) < 4.78 is 1.70. The van der Waals surface area contributed by atoms with Crippen molar-refractivity contribution >= 4 is 11.8 Å². The molecule has 9 heteroatoms. The Balaban J connectivity index is 1.57. The van der Waals surface area contributed by atoms with E-state index in [0.29, 0.717) is 24.7 Å². The number of hydrogen-bond donors (Lipinski definition) is 2. The van der Waals surface area contributed by atoms with Gasteiger partial charge in [0.25, 0.3) is 5.56 Å². The third kappa shape index (κ3) is 4.04. The van der Waals surface area contributed by atoms with Crippen LogP contribution >= 0.6 is 0 Å². The topological polar surface area (TPSA) is 109 Å². The predicted molar refractivity (Wildman–Crippen MR) is 92.6 cm³/mol. The minimum absolute atomic E-state index is 0.129. The van der Waals surface area contributed by atoms with E-state index in [-0.39, 0.29) is 23.6 Å². The fourth-order valence-electron chi connectivity index (χ4n) is 2.97. The highest BCUT2D eigenvalue weighted by Crippen LogP contribution is 2.26. The zero-order valence-electron chi connectivity index (χ0n) is 14.7. The molecule has 2 aromatic heterocycles. The maximum absolute atomic E-state index is 12.4. The van der Waals surface area contributed by atoms with E-state index in [1.165, 1.54) is 0 Å². The van der Waals surface area contributed by atoms with Gasteiger partial charge in [-0.2, -0.15) is 0 Å². The van der Waals surface area contributed by atoms with Gasteiger partial charge in [0.1, 0.15) is 5.82 Å². The molecule has 1 aliphatic heterocycles. The molecule has 0 bridgehead atoms. The molecule has 3 rings (SSSR count). The van der Waals surface area contributed by atoms with Gasteiger partial charge in [-0.25, -0.2) is 14.5 Å². The van der Waals surface area contributed by atoms with Crippen molar-refractivity contribution in [3.05, 3.63) is 34.1 Å². The number of piperidine rings is 1. The quantitative estimate of drug-likeness (QED) is 0.879. The number of carbonyl (C=O) groups is 1. The van der Waals surface area contributed by atoms with Crippen LogP contribution in [0.1, 0.15) is 50.2 Å². The molecule has 2 N–H and O–H groups in total. The molecule has 134 valence electrons. The molecule has 2 amide bonds. The lowest BCUT2D eigenvalue weighted by Crippen LogP contribution is -2.40. The van der Waals surface area contributed by atoms with E-state index in [1.807, 2.05) is 13.8 Å². The van der Waals surface area contributed by atoms with E-state index >= 15 is 0 Å². The first-order chi connectivity index (χ1) is 11.9. The first kappa shape index (κ1) is 17.1. The van der Waals surface area contributed by atoms with Gasteiger partial charge in [0.15, 0.2) is 5.82 Å². The van der Waals surface area contributed by atoms with Gasteiger partial charge < -0.3 is 9.88 Å². The number of aromatic amines is 1. The average Bonchev–Trinajstić information content (AvgIpc) is 3.03. The first-order valence-electron chi connectivity index (χ1n) is 8.48. The average molecular weight is 345 g/mol. The molecule has 1 fully saturated rings. The van der Waals surface area contributed by atoms with Gasteiger partial charge in [-0.3, -0.25) is 10.1 Å². The molecule has 9 nitrogen and oxygen atoms in total. The number of anilines is 1. The lowest BCUT2D eigenvalue weighted by molar-refractivity contribution is 0.194. The molecule has 25 heavy (non-hydrogen) atoms. The van der Waals surface area contributed by atoms with Crippen molar-refractivity contribution in [2.75, 3.05) is 18.4 Å². The Kier molecular flexibility index (Phi) is 4.82. The fourth-order valence-corrected chi connectivity index (χ4v) is 2.97. The number of hydrogen-bond acceptors (Lipinski definition) is 5. The van der Waals surface area contributed by atoms with Gasteiger partial charge in [0.2, 0.25) is 0 Å². The summed E-state index contributed by atoms with van der Waals surface area (Å²) in [6, 6.07) is 1.57. The molecule has 2 aromatic rings. The number of amides is 2. The van der Waals surface area contributed by atoms with E-state index in [0.717, 1.165) is 18.5 Å². The summed E-state index contributed by atoms with van der Waals surface area (Å²) in [5.74, 6) is 1.27. The van der Waals surface area contributed by atoms with Crippen LogP contribution in [-0.4, -0.2) is 49.0 Å². The summed E-state index contributed by atoms with van der Waals surface area (Å²) in [6.45, 7) is 6.99. The van der Waals surface area contributed by atoms with Crippen molar-refractivity contribution in [3.63, 3.8) is 0 Å². The minimum atomic E-state index is -0.177. The maximum atomic E-state index is 12.4. The van der Waals surface area contributed by atoms with Gasteiger partial charge in [-0.15, -0.1) is 5.10 Å². The highest BCUT2D eigenvalue weighted by Gasteiger charge is 2.25. The van der Waals surface area contributed by atoms with E-state index in [2.05, 4.69) is 25.6 Å². The molecule has 1 saturated heterocycles. The molecule has 0 aliphatic carbocycles. The fraction of sp³-hybridized carbons (Fsp3) is 0.562. The zero-order chi connectivity index (χ0) is 18.0. The van der Waals surface area contributed by atoms with Crippen molar-refractivity contribution in [3.8, 4) is 0 Å². The molecular weight excluding hydrogens is 322 g/mol. The van der Waals surface area contributed by atoms with E-state index in [4.69, 9.17) is 0 Å². The second kappa shape index (κ2) is 7.04. The largest absolute Gasteiger partial charge is 0.324 e. The van der Waals surface area contributed by atoms with Crippen LogP contribution in [0, 0.1) is 6.92 Å². The molecule has 0 radical (unpaired) electrons. The number of aromatic nitrogens is 5. The molecule has 0 unspecified atom stereocenters. The van der Waals surface area contributed by atoms with Gasteiger partial charge in [-0.05, 0) is 33.6 Å². The van der Waals surface area contributed by atoms with Gasteiger partial charge in [-0.1, -0.05) is 5.21 Å². The van der Waals surface area contributed by atoms with Gasteiger partial charge in [0.05, 0.1) is 11.9 Å². The van der Waals surface area contributed by atoms with Crippen molar-refractivity contribution in [1.82, 2.24) is 29.9 Å². The van der Waals surface area contributed by atoms with Crippen LogP contribution in [-0.2, 0) is 0 Å². The third-order valence-electron chi connectivity index (χ3n) is 4.35. The highest BCUT2D eigenvalue weighted by atomic mass is 16.2. The van der Waals surface area contributed by atoms with Crippen LogP contribution in [0.15, 0.2) is 17.1 Å². The zero-order valence-corrected chi connectivity index (χ0v) is 14.7. The number of rotatable bonds is 3. The third-order valence-corrected chi connectivity index (χ3v) is 4.35. The summed E-state index contributed by atoms with van der Waals surface area (Å²) in [7, 11) is 0. The number of likely N-dealkylation sites (tertiary alicyclic amines) is 1. The summed E-state index contributed by atoms with van der Waals surface area (Å²) in [4.78, 5) is 32.8. The SMILES string of the molecule is Cc1nc(C2CCN(C(=O)Nc3cn(C(C)C)nn3)CC2)cc(=O)[nH]1. The molecule has 0 saturated carbocycles. The summed E-state index contributed by atoms with van der Waals surface area (Å²) >= 11 is 0. The van der Waals surface area contributed by atoms with Crippen LogP contribution < -0.4 is 10.9 Å². The molecule has 0 atom stereocenters. The Bertz CT molecular complexity index is 803. The minimum Gasteiger partial charge on any atom is -0.324 e. The van der Waals surface area contributed by atoms with Gasteiger partial charge in [0, 0.05) is 31.1 Å². The first-order valence-corrected chi connectivity index (χ1v) is 8.48. The number of H-pyrrole nitrogens is 1. The maximum Gasteiger partial charge on any atom is 0.323 e. The summed E-state index contributed by atoms with van der Waals surface area (Å²) in [6.07, 6.45) is 3.28. The lowest BCUT2D eigenvalue weighted by atomic mass is 9.93.